The third kappa shape index (κ3) is 4.38. The number of nitrogens with one attached hydrogen (secondary N) is 1. The predicted octanol–water partition coefficient (Wildman–Crippen LogP) is 1.80. The van der Waals surface area contributed by atoms with E-state index in [1.807, 2.05) is 0 Å². The van der Waals surface area contributed by atoms with Crippen LogP contribution < -0.4 is 5.48 Å². The van der Waals surface area contributed by atoms with Crippen LogP contribution in [0.4, 0.5) is 4.39 Å². The Morgan fingerprint density at radius 2 is 2.13 bits per heavy atom. The van der Waals surface area contributed by atoms with Crippen molar-refractivity contribution in [2.24, 2.45) is 0 Å². The molecule has 84 valence electrons. The summed E-state index contributed by atoms with van der Waals surface area (Å²) in [5.41, 5.74) is 4.42. The van der Waals surface area contributed by atoms with Crippen molar-refractivity contribution >= 4 is 0 Å². The average molecular weight is 213 g/mol. The van der Waals surface area contributed by atoms with Gasteiger partial charge in [-0.25, -0.2) is 4.39 Å². The first-order valence-electron chi connectivity index (χ1n) is 4.82. The van der Waals surface area contributed by atoms with E-state index in [2.05, 4.69) is 5.48 Å². The van der Waals surface area contributed by atoms with E-state index < -0.39 is 0 Å². The molecule has 0 aromatic heterocycles. The van der Waals surface area contributed by atoms with Gasteiger partial charge in [-0.15, -0.1) is 0 Å². The first kappa shape index (κ1) is 12.1. The van der Waals surface area contributed by atoms with Gasteiger partial charge in [-0.05, 0) is 24.1 Å². The van der Waals surface area contributed by atoms with Crippen LogP contribution in [0.5, 0.6) is 0 Å². The lowest BCUT2D eigenvalue weighted by Crippen LogP contribution is -2.17. The van der Waals surface area contributed by atoms with Crippen molar-refractivity contribution in [1.29, 1.82) is 0 Å². The number of methoxy groups -OCH3 is 1. The van der Waals surface area contributed by atoms with Gasteiger partial charge >= 0.3 is 0 Å². The Balaban J connectivity index is 2.28. The van der Waals surface area contributed by atoms with Crippen molar-refractivity contribution < 1.29 is 14.0 Å². The van der Waals surface area contributed by atoms with Gasteiger partial charge in [-0.3, -0.25) is 4.84 Å². The molecule has 0 aliphatic heterocycles. The topological polar surface area (TPSA) is 30.5 Å². The smallest absolute Gasteiger partial charge is 0.126 e. The van der Waals surface area contributed by atoms with Gasteiger partial charge in [0.05, 0.1) is 13.2 Å². The van der Waals surface area contributed by atoms with Gasteiger partial charge in [0.2, 0.25) is 0 Å². The third-order valence-electron chi connectivity index (χ3n) is 1.99. The van der Waals surface area contributed by atoms with Crippen LogP contribution in [0.25, 0.3) is 0 Å². The fraction of sp³-hybridized carbons (Fsp3) is 0.455. The normalized spacial score (nSPS) is 10.6. The summed E-state index contributed by atoms with van der Waals surface area (Å²) in [5.74, 6) is -0.181. The molecule has 0 aliphatic rings. The van der Waals surface area contributed by atoms with E-state index in [1.165, 1.54) is 6.07 Å². The molecule has 0 radical (unpaired) electrons. The number of hydroxylamine groups is 1. The first-order chi connectivity index (χ1) is 7.24. The van der Waals surface area contributed by atoms with E-state index in [4.69, 9.17) is 9.57 Å². The van der Waals surface area contributed by atoms with Crippen molar-refractivity contribution in [2.45, 2.75) is 13.5 Å². The molecule has 0 fully saturated rings. The van der Waals surface area contributed by atoms with Crippen LogP contribution >= 0.6 is 0 Å². The van der Waals surface area contributed by atoms with Crippen LogP contribution in [0.2, 0.25) is 0 Å². The number of hydrogen-bond donors (Lipinski definition) is 1. The van der Waals surface area contributed by atoms with E-state index in [1.54, 1.807) is 26.2 Å². The minimum Gasteiger partial charge on any atom is -0.382 e. The standard InChI is InChI=1S/C11H16FNO2/c1-9-7-10(3-4-11(9)12)8-13-15-6-5-14-2/h3-4,7,13H,5-6,8H2,1-2H3. The monoisotopic (exact) mass is 213 g/mol. The lowest BCUT2D eigenvalue weighted by molar-refractivity contribution is 0.00345. The Morgan fingerprint density at radius 3 is 2.80 bits per heavy atom. The molecule has 0 amide bonds. The Kier molecular flexibility index (Phi) is 5.25. The number of rotatable bonds is 6. The second-order valence-electron chi connectivity index (χ2n) is 3.25. The molecule has 0 saturated carbocycles. The summed E-state index contributed by atoms with van der Waals surface area (Å²) in [5, 5.41) is 0. The summed E-state index contributed by atoms with van der Waals surface area (Å²) in [7, 11) is 1.62. The Bertz CT molecular complexity index is 305. The number of ether oxygens (including phenoxy) is 1. The fourth-order valence-electron chi connectivity index (χ4n) is 1.15. The molecule has 0 bridgehead atoms. The zero-order chi connectivity index (χ0) is 11.1. The minimum atomic E-state index is -0.181. The zero-order valence-corrected chi connectivity index (χ0v) is 9.05. The van der Waals surface area contributed by atoms with Crippen LogP contribution in [-0.4, -0.2) is 20.3 Å². The van der Waals surface area contributed by atoms with Gasteiger partial charge in [-0.2, -0.15) is 5.48 Å². The highest BCUT2D eigenvalue weighted by Crippen LogP contribution is 2.08. The molecule has 1 aromatic carbocycles. The van der Waals surface area contributed by atoms with E-state index in [9.17, 15) is 4.39 Å². The zero-order valence-electron chi connectivity index (χ0n) is 9.05. The number of hydrogen-bond acceptors (Lipinski definition) is 3. The molecule has 0 spiro atoms. The van der Waals surface area contributed by atoms with Crippen molar-refractivity contribution in [3.05, 3.63) is 35.1 Å². The van der Waals surface area contributed by atoms with Gasteiger partial charge < -0.3 is 4.74 Å². The van der Waals surface area contributed by atoms with Crippen LogP contribution in [0, 0.1) is 12.7 Å². The lowest BCUT2D eigenvalue weighted by Gasteiger charge is -2.06. The van der Waals surface area contributed by atoms with Crippen molar-refractivity contribution in [1.82, 2.24) is 5.48 Å². The van der Waals surface area contributed by atoms with Gasteiger partial charge in [0.1, 0.15) is 5.82 Å². The molecule has 0 heterocycles. The quantitative estimate of drug-likeness (QED) is 0.577. The van der Waals surface area contributed by atoms with Crippen molar-refractivity contribution in [3.63, 3.8) is 0 Å². The molecule has 0 unspecified atom stereocenters. The summed E-state index contributed by atoms with van der Waals surface area (Å²) in [6, 6.07) is 4.98. The highest BCUT2D eigenvalue weighted by Gasteiger charge is 1.98. The summed E-state index contributed by atoms with van der Waals surface area (Å²) >= 11 is 0. The van der Waals surface area contributed by atoms with Gasteiger partial charge in [0.25, 0.3) is 0 Å². The Morgan fingerprint density at radius 1 is 1.33 bits per heavy atom. The average Bonchev–Trinajstić information content (AvgIpc) is 2.23. The molecule has 1 N–H and O–H groups in total. The fourth-order valence-corrected chi connectivity index (χ4v) is 1.15. The van der Waals surface area contributed by atoms with Crippen LogP contribution in [-0.2, 0) is 16.1 Å². The van der Waals surface area contributed by atoms with Crippen molar-refractivity contribution in [3.8, 4) is 0 Å². The summed E-state index contributed by atoms with van der Waals surface area (Å²) in [4.78, 5) is 5.08. The molecular weight excluding hydrogens is 197 g/mol. The molecule has 15 heavy (non-hydrogen) atoms. The molecule has 1 rings (SSSR count). The maximum atomic E-state index is 12.9. The van der Waals surface area contributed by atoms with E-state index >= 15 is 0 Å². The molecule has 0 saturated heterocycles. The number of aryl methyl sites for hydroxylation is 1. The van der Waals surface area contributed by atoms with Crippen LogP contribution in [0.15, 0.2) is 18.2 Å². The Hall–Kier alpha value is -0.970. The molecule has 1 aromatic rings. The second-order valence-corrected chi connectivity index (χ2v) is 3.25. The van der Waals surface area contributed by atoms with E-state index in [0.717, 1.165) is 5.56 Å². The van der Waals surface area contributed by atoms with Crippen LogP contribution in [0.3, 0.4) is 0 Å². The first-order valence-corrected chi connectivity index (χ1v) is 4.82. The van der Waals surface area contributed by atoms with Gasteiger partial charge in [0.15, 0.2) is 0 Å². The molecule has 0 aliphatic carbocycles. The second kappa shape index (κ2) is 6.50. The maximum Gasteiger partial charge on any atom is 0.126 e. The highest BCUT2D eigenvalue weighted by atomic mass is 19.1. The third-order valence-corrected chi connectivity index (χ3v) is 1.99. The number of benzene rings is 1. The molecule has 0 atom stereocenters. The largest absolute Gasteiger partial charge is 0.382 e. The molecule has 3 nitrogen and oxygen atoms in total. The van der Waals surface area contributed by atoms with Gasteiger partial charge in [0, 0.05) is 13.7 Å². The SMILES string of the molecule is COCCONCc1ccc(F)c(C)c1. The van der Waals surface area contributed by atoms with Crippen LogP contribution in [0.1, 0.15) is 11.1 Å². The Labute approximate surface area is 89.2 Å². The lowest BCUT2D eigenvalue weighted by atomic mass is 10.1. The summed E-state index contributed by atoms with van der Waals surface area (Å²) in [6.45, 7) is 3.35. The van der Waals surface area contributed by atoms with E-state index in [0.29, 0.717) is 25.3 Å². The molecule has 4 heteroatoms. The highest BCUT2D eigenvalue weighted by molar-refractivity contribution is 5.23. The van der Waals surface area contributed by atoms with Gasteiger partial charge in [-0.1, -0.05) is 12.1 Å². The van der Waals surface area contributed by atoms with Crippen molar-refractivity contribution in [2.75, 3.05) is 20.3 Å². The summed E-state index contributed by atoms with van der Waals surface area (Å²) < 4.78 is 17.7. The minimum absolute atomic E-state index is 0.181. The maximum absolute atomic E-state index is 12.9. The summed E-state index contributed by atoms with van der Waals surface area (Å²) in [6.07, 6.45) is 0. The predicted molar refractivity (Wildman–Crippen MR) is 55.8 cm³/mol. The molecular formula is C11H16FNO2. The van der Waals surface area contributed by atoms with E-state index in [-0.39, 0.29) is 5.82 Å². The number of halogens is 1.